The first-order valence-corrected chi connectivity index (χ1v) is 11.4. The molecule has 4 aromatic carbocycles. The molecule has 1 fully saturated rings. The van der Waals surface area contributed by atoms with E-state index >= 15 is 0 Å². The smallest absolute Gasteiger partial charge is 0.102 e. The van der Waals surface area contributed by atoms with Crippen LogP contribution in [0.5, 0.6) is 0 Å². The van der Waals surface area contributed by atoms with Crippen LogP contribution in [0.2, 0.25) is 0 Å². The van der Waals surface area contributed by atoms with Gasteiger partial charge in [0.1, 0.15) is 5.60 Å². The highest BCUT2D eigenvalue weighted by molar-refractivity contribution is 5.50. The third kappa shape index (κ3) is 3.28. The minimum absolute atomic E-state index is 0.0227. The fourth-order valence-electron chi connectivity index (χ4n) is 5.38. The van der Waals surface area contributed by atoms with E-state index in [1.54, 1.807) is 0 Å². The first-order valence-electron chi connectivity index (χ1n) is 11.4. The van der Waals surface area contributed by atoms with Crippen molar-refractivity contribution in [1.29, 1.82) is 0 Å². The van der Waals surface area contributed by atoms with Crippen LogP contribution in [-0.2, 0) is 11.1 Å². The Balaban J connectivity index is 1.74. The van der Waals surface area contributed by atoms with E-state index in [9.17, 15) is 5.11 Å². The van der Waals surface area contributed by atoms with Crippen molar-refractivity contribution in [2.75, 3.05) is 6.54 Å². The molecule has 1 N–H and O–H groups in total. The van der Waals surface area contributed by atoms with Gasteiger partial charge in [0.25, 0.3) is 0 Å². The minimum Gasteiger partial charge on any atom is -0.384 e. The second-order valence-corrected chi connectivity index (χ2v) is 8.82. The fourth-order valence-corrected chi connectivity index (χ4v) is 5.38. The highest BCUT2D eigenvalue weighted by Gasteiger charge is 2.54. The van der Waals surface area contributed by atoms with Crippen molar-refractivity contribution in [3.63, 3.8) is 0 Å². The Morgan fingerprint density at radius 1 is 0.594 bits per heavy atom. The largest absolute Gasteiger partial charge is 0.384 e. The van der Waals surface area contributed by atoms with Gasteiger partial charge in [0.15, 0.2) is 0 Å². The first kappa shape index (κ1) is 20.7. The summed E-state index contributed by atoms with van der Waals surface area (Å²) in [5.74, 6) is 0. The molecule has 0 amide bonds. The van der Waals surface area contributed by atoms with Crippen LogP contribution in [0, 0.1) is 0 Å². The van der Waals surface area contributed by atoms with E-state index in [2.05, 4.69) is 95.9 Å². The molecule has 32 heavy (non-hydrogen) atoms. The monoisotopic (exact) mass is 419 g/mol. The van der Waals surface area contributed by atoms with E-state index in [1.807, 2.05) is 37.3 Å². The molecule has 2 nitrogen and oxygen atoms in total. The van der Waals surface area contributed by atoms with Crippen molar-refractivity contribution < 1.29 is 5.11 Å². The van der Waals surface area contributed by atoms with Crippen LogP contribution in [0.1, 0.15) is 35.6 Å². The third-order valence-electron chi connectivity index (χ3n) is 7.03. The predicted octanol–water partition coefficient (Wildman–Crippen LogP) is 5.96. The zero-order valence-corrected chi connectivity index (χ0v) is 18.4. The Morgan fingerprint density at radius 3 is 1.25 bits per heavy atom. The standard InChI is InChI=1S/C30H29NO/c1-29(32,24-14-6-2-7-15-24)28-22-23-31(28)30(25-16-8-3-9-17-25,26-18-10-4-11-19-26)27-20-12-5-13-21-27/h2-21,28,32H,22-23H2,1H3. The lowest BCUT2D eigenvalue weighted by Crippen LogP contribution is -2.66. The van der Waals surface area contributed by atoms with Crippen molar-refractivity contribution in [2.24, 2.45) is 0 Å². The molecule has 0 bridgehead atoms. The topological polar surface area (TPSA) is 23.5 Å². The van der Waals surface area contributed by atoms with Crippen LogP contribution in [0.4, 0.5) is 0 Å². The van der Waals surface area contributed by atoms with Crippen LogP contribution in [0.25, 0.3) is 0 Å². The quantitative estimate of drug-likeness (QED) is 0.390. The predicted molar refractivity (Wildman–Crippen MR) is 130 cm³/mol. The van der Waals surface area contributed by atoms with E-state index in [-0.39, 0.29) is 6.04 Å². The van der Waals surface area contributed by atoms with Crippen LogP contribution >= 0.6 is 0 Å². The first-order chi connectivity index (χ1) is 15.6. The zero-order chi connectivity index (χ0) is 22.0. The Bertz CT molecular complexity index is 1040. The molecule has 1 saturated heterocycles. The number of benzene rings is 4. The van der Waals surface area contributed by atoms with Gasteiger partial charge in [0.2, 0.25) is 0 Å². The molecule has 1 aliphatic heterocycles. The minimum atomic E-state index is -0.969. The number of rotatable bonds is 6. The van der Waals surface area contributed by atoms with Gasteiger partial charge in [-0.05, 0) is 35.6 Å². The average Bonchev–Trinajstić information content (AvgIpc) is 2.83. The number of hydrogen-bond acceptors (Lipinski definition) is 2. The second kappa shape index (κ2) is 8.38. The van der Waals surface area contributed by atoms with Gasteiger partial charge in [0, 0.05) is 12.6 Å². The van der Waals surface area contributed by atoms with Gasteiger partial charge in [-0.2, -0.15) is 0 Å². The van der Waals surface area contributed by atoms with Gasteiger partial charge in [-0.25, -0.2) is 0 Å². The summed E-state index contributed by atoms with van der Waals surface area (Å²) in [5, 5.41) is 11.8. The van der Waals surface area contributed by atoms with Gasteiger partial charge in [0.05, 0.1) is 5.54 Å². The molecular weight excluding hydrogens is 390 g/mol. The molecule has 2 atom stereocenters. The Hall–Kier alpha value is -3.20. The van der Waals surface area contributed by atoms with Crippen molar-refractivity contribution in [1.82, 2.24) is 4.90 Å². The normalized spacial score (nSPS) is 18.5. The summed E-state index contributed by atoms with van der Waals surface area (Å²) in [7, 11) is 0. The number of hydrogen-bond donors (Lipinski definition) is 1. The van der Waals surface area contributed by atoms with Crippen LogP contribution in [-0.4, -0.2) is 22.6 Å². The van der Waals surface area contributed by atoms with E-state index in [4.69, 9.17) is 0 Å². The van der Waals surface area contributed by atoms with Gasteiger partial charge >= 0.3 is 0 Å². The molecule has 0 radical (unpaired) electrons. The molecule has 5 rings (SSSR count). The molecule has 160 valence electrons. The summed E-state index contributed by atoms with van der Waals surface area (Å²) < 4.78 is 0. The lowest BCUT2D eigenvalue weighted by atomic mass is 9.69. The highest BCUT2D eigenvalue weighted by Crippen LogP contribution is 2.50. The third-order valence-corrected chi connectivity index (χ3v) is 7.03. The summed E-state index contributed by atoms with van der Waals surface area (Å²) in [6.45, 7) is 2.87. The van der Waals surface area contributed by atoms with Crippen molar-refractivity contribution >= 4 is 0 Å². The number of nitrogens with zero attached hydrogens (tertiary/aromatic N) is 1. The second-order valence-electron chi connectivity index (χ2n) is 8.82. The molecule has 2 unspecified atom stereocenters. The molecule has 0 saturated carbocycles. The SMILES string of the molecule is CC(O)(c1ccccc1)C1CCN1C(c1ccccc1)(c1ccccc1)c1ccccc1. The molecule has 1 aliphatic rings. The molecule has 2 heteroatoms. The Kier molecular flexibility index (Phi) is 5.42. The zero-order valence-electron chi connectivity index (χ0n) is 18.4. The highest BCUT2D eigenvalue weighted by atomic mass is 16.3. The van der Waals surface area contributed by atoms with E-state index in [0.29, 0.717) is 0 Å². The van der Waals surface area contributed by atoms with Crippen molar-refractivity contribution in [3.8, 4) is 0 Å². The number of likely N-dealkylation sites (tertiary alicyclic amines) is 1. The molecule has 0 aromatic heterocycles. The molecule has 0 aliphatic carbocycles. The summed E-state index contributed by atoms with van der Waals surface area (Å²) in [6.07, 6.45) is 0.941. The van der Waals surface area contributed by atoms with Gasteiger partial charge in [-0.15, -0.1) is 0 Å². The maximum absolute atomic E-state index is 11.8. The molecular formula is C30H29NO. The van der Waals surface area contributed by atoms with Crippen molar-refractivity contribution in [2.45, 2.75) is 30.5 Å². The van der Waals surface area contributed by atoms with Gasteiger partial charge in [-0.3, -0.25) is 4.90 Å². The van der Waals surface area contributed by atoms with Gasteiger partial charge in [-0.1, -0.05) is 121 Å². The van der Waals surface area contributed by atoms with Crippen LogP contribution in [0.15, 0.2) is 121 Å². The maximum Gasteiger partial charge on any atom is 0.102 e. The lowest BCUT2D eigenvalue weighted by Gasteiger charge is -2.58. The van der Waals surface area contributed by atoms with Gasteiger partial charge < -0.3 is 5.11 Å². The van der Waals surface area contributed by atoms with Crippen LogP contribution in [0.3, 0.4) is 0 Å². The van der Waals surface area contributed by atoms with Crippen LogP contribution < -0.4 is 0 Å². The molecule has 1 heterocycles. The van der Waals surface area contributed by atoms with E-state index < -0.39 is 11.1 Å². The number of aliphatic hydroxyl groups is 1. The summed E-state index contributed by atoms with van der Waals surface area (Å²) in [4.78, 5) is 2.50. The molecule has 4 aromatic rings. The fraction of sp³-hybridized carbons (Fsp3) is 0.200. The summed E-state index contributed by atoms with van der Waals surface area (Å²) in [6, 6.07) is 42.2. The maximum atomic E-state index is 11.8. The lowest BCUT2D eigenvalue weighted by molar-refractivity contribution is -0.117. The molecule has 0 spiro atoms. The Labute approximate surface area is 190 Å². The average molecular weight is 420 g/mol. The summed E-state index contributed by atoms with van der Waals surface area (Å²) in [5.41, 5.74) is 3.13. The van der Waals surface area contributed by atoms with E-state index in [1.165, 1.54) is 16.7 Å². The Morgan fingerprint density at radius 2 is 0.938 bits per heavy atom. The van der Waals surface area contributed by atoms with E-state index in [0.717, 1.165) is 18.5 Å². The summed E-state index contributed by atoms with van der Waals surface area (Å²) >= 11 is 0. The van der Waals surface area contributed by atoms with Crippen molar-refractivity contribution in [3.05, 3.63) is 144 Å².